The van der Waals surface area contributed by atoms with E-state index in [1.165, 1.54) is 11.3 Å². The highest BCUT2D eigenvalue weighted by Crippen LogP contribution is 2.26. The minimum Gasteiger partial charge on any atom is -0.381 e. The maximum absolute atomic E-state index is 11.9. The molecule has 1 aromatic rings. The fourth-order valence-electron chi connectivity index (χ4n) is 1.60. The number of halogens is 1. The van der Waals surface area contributed by atoms with Crippen LogP contribution in [0.2, 0.25) is 0 Å². The highest BCUT2D eigenvalue weighted by atomic mass is 79.9. The SMILES string of the molecule is O=C(c1ccc(Br)s1)C1CCCOC1. The van der Waals surface area contributed by atoms with Gasteiger partial charge < -0.3 is 4.74 Å². The standard InChI is InChI=1S/C10H11BrO2S/c11-9-4-3-8(14-9)10(12)7-2-1-5-13-6-7/h3-4,7H,1-2,5-6H2. The van der Waals surface area contributed by atoms with Gasteiger partial charge in [0.1, 0.15) is 0 Å². The molecule has 0 bridgehead atoms. The van der Waals surface area contributed by atoms with Gasteiger partial charge >= 0.3 is 0 Å². The summed E-state index contributed by atoms with van der Waals surface area (Å²) < 4.78 is 6.32. The molecule has 2 nitrogen and oxygen atoms in total. The second-order valence-electron chi connectivity index (χ2n) is 3.38. The third kappa shape index (κ3) is 2.24. The minimum atomic E-state index is 0.0781. The van der Waals surface area contributed by atoms with Crippen molar-refractivity contribution in [2.45, 2.75) is 12.8 Å². The average molecular weight is 275 g/mol. The molecule has 14 heavy (non-hydrogen) atoms. The topological polar surface area (TPSA) is 26.3 Å². The van der Waals surface area contributed by atoms with Gasteiger partial charge in [-0.1, -0.05) is 0 Å². The smallest absolute Gasteiger partial charge is 0.178 e. The van der Waals surface area contributed by atoms with E-state index in [1.54, 1.807) is 0 Å². The molecule has 0 aliphatic carbocycles. The highest BCUT2D eigenvalue weighted by molar-refractivity contribution is 9.11. The van der Waals surface area contributed by atoms with Gasteiger partial charge in [0.2, 0.25) is 0 Å². The Bertz CT molecular complexity index is 329. The molecular weight excluding hydrogens is 264 g/mol. The Morgan fingerprint density at radius 3 is 3.00 bits per heavy atom. The van der Waals surface area contributed by atoms with Gasteiger partial charge in [-0.05, 0) is 40.9 Å². The summed E-state index contributed by atoms with van der Waals surface area (Å²) in [4.78, 5) is 12.8. The Labute approximate surface area is 95.4 Å². The van der Waals surface area contributed by atoms with Gasteiger partial charge in [-0.15, -0.1) is 11.3 Å². The number of carbonyl (C=O) groups is 1. The zero-order valence-corrected chi connectivity index (χ0v) is 10.1. The molecule has 1 unspecified atom stereocenters. The quantitative estimate of drug-likeness (QED) is 0.775. The first kappa shape index (κ1) is 10.3. The molecule has 1 saturated heterocycles. The number of Topliss-reactive ketones (excluding diaryl/α,β-unsaturated/α-hetero) is 1. The van der Waals surface area contributed by atoms with Gasteiger partial charge in [-0.3, -0.25) is 4.79 Å². The summed E-state index contributed by atoms with van der Waals surface area (Å²) in [5.74, 6) is 0.315. The van der Waals surface area contributed by atoms with E-state index < -0.39 is 0 Å². The van der Waals surface area contributed by atoms with Crippen molar-refractivity contribution >= 4 is 33.0 Å². The van der Waals surface area contributed by atoms with Crippen molar-refractivity contribution in [3.05, 3.63) is 20.8 Å². The first-order valence-electron chi connectivity index (χ1n) is 4.64. The fraction of sp³-hybridized carbons (Fsp3) is 0.500. The molecule has 76 valence electrons. The van der Waals surface area contributed by atoms with E-state index in [2.05, 4.69) is 15.9 Å². The normalized spacial score (nSPS) is 22.2. The number of thiophene rings is 1. The summed E-state index contributed by atoms with van der Waals surface area (Å²) in [6.45, 7) is 1.40. The highest BCUT2D eigenvalue weighted by Gasteiger charge is 2.23. The maximum Gasteiger partial charge on any atom is 0.178 e. The summed E-state index contributed by atoms with van der Waals surface area (Å²) in [7, 11) is 0. The van der Waals surface area contributed by atoms with Gasteiger partial charge in [0.15, 0.2) is 5.78 Å². The molecule has 1 aromatic heterocycles. The summed E-state index contributed by atoms with van der Waals surface area (Å²) >= 11 is 4.86. The lowest BCUT2D eigenvalue weighted by Gasteiger charge is -2.19. The van der Waals surface area contributed by atoms with E-state index in [4.69, 9.17) is 4.74 Å². The number of carbonyl (C=O) groups excluding carboxylic acids is 1. The zero-order valence-electron chi connectivity index (χ0n) is 7.66. The van der Waals surface area contributed by atoms with Gasteiger partial charge in [0.25, 0.3) is 0 Å². The molecule has 1 atom stereocenters. The molecule has 0 N–H and O–H groups in total. The van der Waals surface area contributed by atoms with Crippen LogP contribution in [0.15, 0.2) is 15.9 Å². The van der Waals surface area contributed by atoms with Crippen LogP contribution in [0.4, 0.5) is 0 Å². The van der Waals surface area contributed by atoms with Crippen molar-refractivity contribution in [1.82, 2.24) is 0 Å². The molecule has 2 heterocycles. The Hall–Kier alpha value is -0.190. The fourth-order valence-corrected chi connectivity index (χ4v) is 3.00. The van der Waals surface area contributed by atoms with Crippen LogP contribution in [-0.4, -0.2) is 19.0 Å². The molecule has 0 radical (unpaired) electrons. The second-order valence-corrected chi connectivity index (χ2v) is 5.85. The lowest BCUT2D eigenvalue weighted by atomic mass is 9.97. The van der Waals surface area contributed by atoms with Crippen molar-refractivity contribution < 1.29 is 9.53 Å². The largest absolute Gasteiger partial charge is 0.381 e. The molecule has 1 aliphatic rings. The van der Waals surface area contributed by atoms with Crippen molar-refractivity contribution in [2.24, 2.45) is 5.92 Å². The molecular formula is C10H11BrO2S. The van der Waals surface area contributed by atoms with E-state index in [0.29, 0.717) is 6.61 Å². The minimum absolute atomic E-state index is 0.0781. The van der Waals surface area contributed by atoms with Crippen molar-refractivity contribution in [1.29, 1.82) is 0 Å². The first-order valence-corrected chi connectivity index (χ1v) is 6.25. The predicted octanol–water partition coefficient (Wildman–Crippen LogP) is 3.12. The number of rotatable bonds is 2. The molecule has 0 saturated carbocycles. The Morgan fingerprint density at radius 2 is 2.43 bits per heavy atom. The van der Waals surface area contributed by atoms with E-state index in [9.17, 15) is 4.79 Å². The van der Waals surface area contributed by atoms with Crippen LogP contribution >= 0.6 is 27.3 Å². The number of hydrogen-bond donors (Lipinski definition) is 0. The van der Waals surface area contributed by atoms with Crippen molar-refractivity contribution in [2.75, 3.05) is 13.2 Å². The number of hydrogen-bond acceptors (Lipinski definition) is 3. The van der Waals surface area contributed by atoms with E-state index >= 15 is 0 Å². The number of ketones is 1. The van der Waals surface area contributed by atoms with Crippen molar-refractivity contribution in [3.8, 4) is 0 Å². The van der Waals surface area contributed by atoms with Crippen LogP contribution in [-0.2, 0) is 4.74 Å². The molecule has 1 aliphatic heterocycles. The predicted molar refractivity (Wildman–Crippen MR) is 59.9 cm³/mol. The Morgan fingerprint density at radius 1 is 1.57 bits per heavy atom. The summed E-state index contributed by atoms with van der Waals surface area (Å²) in [5, 5.41) is 0. The monoisotopic (exact) mass is 274 g/mol. The van der Waals surface area contributed by atoms with Crippen LogP contribution in [0.25, 0.3) is 0 Å². The van der Waals surface area contributed by atoms with Gasteiger partial charge in [-0.25, -0.2) is 0 Å². The molecule has 0 spiro atoms. The van der Waals surface area contributed by atoms with Crippen LogP contribution < -0.4 is 0 Å². The van der Waals surface area contributed by atoms with E-state index in [-0.39, 0.29) is 11.7 Å². The van der Waals surface area contributed by atoms with Crippen LogP contribution in [0.1, 0.15) is 22.5 Å². The molecule has 1 fully saturated rings. The van der Waals surface area contributed by atoms with Gasteiger partial charge in [-0.2, -0.15) is 0 Å². The van der Waals surface area contributed by atoms with E-state index in [0.717, 1.165) is 28.1 Å². The average Bonchev–Trinajstić information content (AvgIpc) is 2.65. The lowest BCUT2D eigenvalue weighted by molar-refractivity contribution is 0.0464. The Balaban J connectivity index is 2.07. The van der Waals surface area contributed by atoms with Crippen LogP contribution in [0, 0.1) is 5.92 Å². The lowest BCUT2D eigenvalue weighted by Crippen LogP contribution is -2.24. The van der Waals surface area contributed by atoms with Gasteiger partial charge in [0, 0.05) is 12.5 Å². The van der Waals surface area contributed by atoms with Crippen LogP contribution in [0.5, 0.6) is 0 Å². The molecule has 0 amide bonds. The van der Waals surface area contributed by atoms with E-state index in [1.807, 2.05) is 12.1 Å². The van der Waals surface area contributed by atoms with Crippen LogP contribution in [0.3, 0.4) is 0 Å². The molecule has 4 heteroatoms. The molecule has 0 aromatic carbocycles. The maximum atomic E-state index is 11.9. The first-order chi connectivity index (χ1) is 6.77. The number of ether oxygens (including phenoxy) is 1. The third-order valence-electron chi connectivity index (χ3n) is 2.35. The summed E-state index contributed by atoms with van der Waals surface area (Å²) in [6.07, 6.45) is 1.97. The third-order valence-corrected chi connectivity index (χ3v) is 3.99. The zero-order chi connectivity index (χ0) is 9.97. The Kier molecular flexibility index (Phi) is 3.36. The summed E-state index contributed by atoms with van der Waals surface area (Å²) in [5.41, 5.74) is 0. The van der Waals surface area contributed by atoms with Crippen molar-refractivity contribution in [3.63, 3.8) is 0 Å². The summed E-state index contributed by atoms with van der Waals surface area (Å²) in [6, 6.07) is 3.80. The second kappa shape index (κ2) is 4.55. The van der Waals surface area contributed by atoms with Gasteiger partial charge in [0.05, 0.1) is 15.3 Å². The molecule has 2 rings (SSSR count).